The number of methoxy groups -OCH3 is 1. The Morgan fingerprint density at radius 2 is 1.80 bits per heavy atom. The number of amides is 1. The monoisotopic (exact) mass is 403 g/mol. The predicted molar refractivity (Wildman–Crippen MR) is 108 cm³/mol. The largest absolute Gasteiger partial charge is 0.497 e. The van der Waals surface area contributed by atoms with Crippen LogP contribution in [0.5, 0.6) is 11.5 Å². The van der Waals surface area contributed by atoms with Crippen LogP contribution < -0.4 is 14.8 Å². The van der Waals surface area contributed by atoms with E-state index in [9.17, 15) is 4.79 Å². The summed E-state index contributed by atoms with van der Waals surface area (Å²) in [7, 11) is 1.60. The van der Waals surface area contributed by atoms with E-state index in [2.05, 4.69) is 25.4 Å². The van der Waals surface area contributed by atoms with Crippen molar-refractivity contribution >= 4 is 11.9 Å². The highest BCUT2D eigenvalue weighted by Crippen LogP contribution is 2.30. The molecule has 0 atom stereocenters. The van der Waals surface area contributed by atoms with E-state index in [0.717, 1.165) is 11.3 Å². The number of para-hydroxylation sites is 1. The quantitative estimate of drug-likeness (QED) is 0.501. The van der Waals surface area contributed by atoms with Crippen LogP contribution in [0.15, 0.2) is 71.5 Å². The molecule has 0 aliphatic heterocycles. The maximum atomic E-state index is 12.1. The molecule has 0 saturated heterocycles. The van der Waals surface area contributed by atoms with Gasteiger partial charge >= 0.3 is 0 Å². The first-order chi connectivity index (χ1) is 14.7. The van der Waals surface area contributed by atoms with Gasteiger partial charge in [0.05, 0.1) is 12.7 Å². The zero-order valence-corrected chi connectivity index (χ0v) is 16.0. The standard InChI is InChI=1S/C21H17N5O4/c1-28-15-9-7-14(8-10-15)19-25-20(30-26-19)16-5-2-3-6-17(16)29-13-18(27)24-21-22-11-4-12-23-21/h2-12H,13H2,1H3,(H,22,23,24,27). The van der Waals surface area contributed by atoms with Crippen molar-refractivity contribution in [1.29, 1.82) is 0 Å². The molecule has 2 aromatic carbocycles. The Labute approximate surface area is 171 Å². The Balaban J connectivity index is 1.48. The molecule has 0 bridgehead atoms. The van der Waals surface area contributed by atoms with Crippen molar-refractivity contribution in [3.05, 3.63) is 67.0 Å². The summed E-state index contributed by atoms with van der Waals surface area (Å²) < 4.78 is 16.2. The molecule has 4 rings (SSSR count). The van der Waals surface area contributed by atoms with Crippen molar-refractivity contribution in [1.82, 2.24) is 20.1 Å². The van der Waals surface area contributed by atoms with Crippen molar-refractivity contribution < 1.29 is 18.8 Å². The maximum Gasteiger partial charge on any atom is 0.264 e. The Morgan fingerprint density at radius 3 is 2.57 bits per heavy atom. The average Bonchev–Trinajstić information content (AvgIpc) is 3.29. The highest BCUT2D eigenvalue weighted by Gasteiger charge is 2.16. The van der Waals surface area contributed by atoms with Crippen LogP contribution in [-0.2, 0) is 4.79 Å². The van der Waals surface area contributed by atoms with Crippen LogP contribution >= 0.6 is 0 Å². The number of hydrogen-bond donors (Lipinski definition) is 1. The van der Waals surface area contributed by atoms with Crippen LogP contribution in [0.1, 0.15) is 0 Å². The number of aromatic nitrogens is 4. The molecule has 1 N–H and O–H groups in total. The van der Waals surface area contributed by atoms with E-state index >= 15 is 0 Å². The molecule has 4 aromatic rings. The molecule has 0 aliphatic carbocycles. The lowest BCUT2D eigenvalue weighted by atomic mass is 10.2. The van der Waals surface area contributed by atoms with Gasteiger partial charge in [-0.1, -0.05) is 17.3 Å². The average molecular weight is 403 g/mol. The fourth-order valence-electron chi connectivity index (χ4n) is 2.63. The Hall–Kier alpha value is -4.27. The lowest BCUT2D eigenvalue weighted by Gasteiger charge is -2.08. The molecule has 30 heavy (non-hydrogen) atoms. The number of ether oxygens (including phenoxy) is 2. The van der Waals surface area contributed by atoms with Crippen LogP contribution in [0.3, 0.4) is 0 Å². The second kappa shape index (κ2) is 8.82. The molecule has 0 radical (unpaired) electrons. The van der Waals surface area contributed by atoms with E-state index < -0.39 is 0 Å². The number of carbonyl (C=O) groups is 1. The van der Waals surface area contributed by atoms with Gasteiger partial charge in [-0.2, -0.15) is 4.98 Å². The van der Waals surface area contributed by atoms with Crippen LogP contribution in [0.2, 0.25) is 0 Å². The Bertz CT molecular complexity index is 1130. The lowest BCUT2D eigenvalue weighted by molar-refractivity contribution is -0.118. The summed E-state index contributed by atoms with van der Waals surface area (Å²) in [5.74, 6) is 1.71. The maximum absolute atomic E-state index is 12.1. The first-order valence-corrected chi connectivity index (χ1v) is 9.00. The highest BCUT2D eigenvalue weighted by atomic mass is 16.5. The van der Waals surface area contributed by atoms with Gasteiger partial charge in [-0.15, -0.1) is 0 Å². The second-order valence-corrected chi connectivity index (χ2v) is 6.06. The van der Waals surface area contributed by atoms with Gasteiger partial charge in [-0.3, -0.25) is 10.1 Å². The molecule has 0 fully saturated rings. The molecule has 0 spiro atoms. The first-order valence-electron chi connectivity index (χ1n) is 9.00. The molecule has 2 aromatic heterocycles. The number of nitrogens with zero attached hydrogens (tertiary/aromatic N) is 4. The van der Waals surface area contributed by atoms with E-state index in [1.54, 1.807) is 31.4 Å². The number of benzene rings is 2. The molecule has 0 unspecified atom stereocenters. The lowest BCUT2D eigenvalue weighted by Crippen LogP contribution is -2.21. The minimum atomic E-state index is -0.388. The number of anilines is 1. The van der Waals surface area contributed by atoms with Gasteiger partial charge in [0.1, 0.15) is 11.5 Å². The third-order valence-electron chi connectivity index (χ3n) is 4.07. The van der Waals surface area contributed by atoms with Crippen LogP contribution in [0.25, 0.3) is 22.8 Å². The van der Waals surface area contributed by atoms with E-state index in [-0.39, 0.29) is 24.4 Å². The first kappa shape index (κ1) is 19.1. The molecule has 150 valence electrons. The number of carbonyl (C=O) groups excluding carboxylic acids is 1. The van der Waals surface area contributed by atoms with Crippen molar-refractivity contribution in [2.45, 2.75) is 0 Å². The summed E-state index contributed by atoms with van der Waals surface area (Å²) in [4.78, 5) is 24.4. The van der Waals surface area contributed by atoms with E-state index in [1.165, 1.54) is 12.4 Å². The minimum absolute atomic E-state index is 0.209. The summed E-state index contributed by atoms with van der Waals surface area (Å²) in [6.45, 7) is -0.227. The zero-order chi connectivity index (χ0) is 20.8. The summed E-state index contributed by atoms with van der Waals surface area (Å²) >= 11 is 0. The van der Waals surface area contributed by atoms with E-state index in [0.29, 0.717) is 17.1 Å². The van der Waals surface area contributed by atoms with Crippen molar-refractivity contribution in [3.63, 3.8) is 0 Å². The topological polar surface area (TPSA) is 112 Å². The number of nitrogens with one attached hydrogen (secondary N) is 1. The van der Waals surface area contributed by atoms with Crippen molar-refractivity contribution in [2.24, 2.45) is 0 Å². The van der Waals surface area contributed by atoms with Gasteiger partial charge in [0.15, 0.2) is 6.61 Å². The van der Waals surface area contributed by atoms with Gasteiger partial charge in [0, 0.05) is 18.0 Å². The SMILES string of the molecule is COc1ccc(-c2noc(-c3ccccc3OCC(=O)Nc3ncccn3)n2)cc1. The smallest absolute Gasteiger partial charge is 0.264 e. The van der Waals surface area contributed by atoms with E-state index in [4.69, 9.17) is 14.0 Å². The van der Waals surface area contributed by atoms with Crippen LogP contribution in [0, 0.1) is 0 Å². The predicted octanol–water partition coefficient (Wildman–Crippen LogP) is 3.22. The summed E-state index contributed by atoms with van der Waals surface area (Å²) in [6.07, 6.45) is 3.07. The number of hydrogen-bond acceptors (Lipinski definition) is 8. The van der Waals surface area contributed by atoms with Gasteiger partial charge < -0.3 is 14.0 Å². The fraction of sp³-hybridized carbons (Fsp3) is 0.0952. The summed E-state index contributed by atoms with van der Waals surface area (Å²) in [6, 6.07) is 16.1. The van der Waals surface area contributed by atoms with Gasteiger partial charge in [0.25, 0.3) is 11.8 Å². The van der Waals surface area contributed by atoms with Crippen molar-refractivity contribution in [3.8, 4) is 34.3 Å². The number of rotatable bonds is 7. The van der Waals surface area contributed by atoms with Crippen LogP contribution in [0.4, 0.5) is 5.95 Å². The van der Waals surface area contributed by atoms with E-state index in [1.807, 2.05) is 30.3 Å². The zero-order valence-electron chi connectivity index (χ0n) is 16.0. The molecule has 9 nitrogen and oxygen atoms in total. The molecule has 9 heteroatoms. The summed E-state index contributed by atoms with van der Waals surface area (Å²) in [5, 5.41) is 6.59. The van der Waals surface area contributed by atoms with Gasteiger partial charge in [-0.25, -0.2) is 9.97 Å². The Kier molecular flexibility index (Phi) is 5.61. The molecule has 2 heterocycles. The fourth-order valence-corrected chi connectivity index (χ4v) is 2.63. The highest BCUT2D eigenvalue weighted by molar-refractivity contribution is 5.90. The second-order valence-electron chi connectivity index (χ2n) is 6.06. The normalized spacial score (nSPS) is 10.4. The third-order valence-corrected chi connectivity index (χ3v) is 4.07. The third kappa shape index (κ3) is 4.41. The van der Waals surface area contributed by atoms with Crippen LogP contribution in [-0.4, -0.2) is 39.7 Å². The molecule has 0 saturated carbocycles. The Morgan fingerprint density at radius 1 is 1.03 bits per heavy atom. The van der Waals surface area contributed by atoms with Gasteiger partial charge in [-0.05, 0) is 42.5 Å². The van der Waals surface area contributed by atoms with Crippen molar-refractivity contribution in [2.75, 3.05) is 19.0 Å². The molecule has 0 aliphatic rings. The molecular weight excluding hydrogens is 386 g/mol. The summed E-state index contributed by atoms with van der Waals surface area (Å²) in [5.41, 5.74) is 1.36. The minimum Gasteiger partial charge on any atom is -0.497 e. The molecular formula is C21H17N5O4. The molecule has 1 amide bonds. The van der Waals surface area contributed by atoms with Gasteiger partial charge in [0.2, 0.25) is 11.8 Å².